The highest BCUT2D eigenvalue weighted by molar-refractivity contribution is 5.38. The molecule has 1 heteroatoms. The first-order chi connectivity index (χ1) is 9.92. The molecule has 1 aromatic rings. The maximum Gasteiger partial charge on any atom is 0.0348 e. The van der Waals surface area contributed by atoms with Crippen molar-refractivity contribution >= 4 is 0 Å². The molecule has 1 nitrogen and oxygen atoms in total. The molecule has 0 aliphatic heterocycles. The van der Waals surface area contributed by atoms with E-state index in [0.717, 1.165) is 6.54 Å². The molecule has 0 heterocycles. The standard InChI is InChI=1S/C20H35N/c1-8-10-16(7)20(21-9-2)18-12-11-17(14(3)4)13-19(18)15(5)6/h11-16,20-21H,8-10H2,1-7H3. The monoisotopic (exact) mass is 289 g/mol. The number of benzene rings is 1. The summed E-state index contributed by atoms with van der Waals surface area (Å²) in [7, 11) is 0. The van der Waals surface area contributed by atoms with Gasteiger partial charge in [0.15, 0.2) is 0 Å². The molecule has 21 heavy (non-hydrogen) atoms. The maximum absolute atomic E-state index is 3.73. The van der Waals surface area contributed by atoms with Gasteiger partial charge in [0.05, 0.1) is 0 Å². The van der Waals surface area contributed by atoms with E-state index in [1.807, 2.05) is 0 Å². The van der Waals surface area contributed by atoms with Crippen molar-refractivity contribution in [1.29, 1.82) is 0 Å². The lowest BCUT2D eigenvalue weighted by molar-refractivity contribution is 0.366. The van der Waals surface area contributed by atoms with Crippen LogP contribution in [0.5, 0.6) is 0 Å². The molecule has 1 N–H and O–H groups in total. The Bertz CT molecular complexity index is 420. The van der Waals surface area contributed by atoms with Crippen LogP contribution in [-0.2, 0) is 0 Å². The van der Waals surface area contributed by atoms with Gasteiger partial charge in [-0.2, -0.15) is 0 Å². The average molecular weight is 290 g/mol. The van der Waals surface area contributed by atoms with Gasteiger partial charge in [0, 0.05) is 6.04 Å². The van der Waals surface area contributed by atoms with Gasteiger partial charge in [0.2, 0.25) is 0 Å². The molecule has 0 amide bonds. The Morgan fingerprint density at radius 1 is 0.905 bits per heavy atom. The smallest absolute Gasteiger partial charge is 0.0348 e. The highest BCUT2D eigenvalue weighted by atomic mass is 14.9. The van der Waals surface area contributed by atoms with Gasteiger partial charge in [0.1, 0.15) is 0 Å². The summed E-state index contributed by atoms with van der Waals surface area (Å²) in [6, 6.07) is 7.63. The molecule has 0 radical (unpaired) electrons. The van der Waals surface area contributed by atoms with Crippen molar-refractivity contribution < 1.29 is 0 Å². The van der Waals surface area contributed by atoms with Crippen LogP contribution >= 0.6 is 0 Å². The number of hydrogen-bond acceptors (Lipinski definition) is 1. The lowest BCUT2D eigenvalue weighted by Crippen LogP contribution is -2.28. The van der Waals surface area contributed by atoms with Crippen molar-refractivity contribution in [2.24, 2.45) is 5.92 Å². The molecular weight excluding hydrogens is 254 g/mol. The van der Waals surface area contributed by atoms with E-state index in [-0.39, 0.29) is 0 Å². The minimum absolute atomic E-state index is 0.480. The summed E-state index contributed by atoms with van der Waals surface area (Å²) in [6.45, 7) is 17.1. The fourth-order valence-electron chi connectivity index (χ4n) is 3.20. The molecule has 120 valence electrons. The first-order valence-electron chi connectivity index (χ1n) is 8.79. The second kappa shape index (κ2) is 8.58. The van der Waals surface area contributed by atoms with E-state index in [4.69, 9.17) is 0 Å². The van der Waals surface area contributed by atoms with E-state index in [0.29, 0.717) is 23.8 Å². The van der Waals surface area contributed by atoms with Gasteiger partial charge in [-0.25, -0.2) is 0 Å². The molecule has 0 aliphatic carbocycles. The zero-order chi connectivity index (χ0) is 16.0. The van der Waals surface area contributed by atoms with Crippen LogP contribution < -0.4 is 5.32 Å². The number of nitrogens with one attached hydrogen (secondary N) is 1. The summed E-state index contributed by atoms with van der Waals surface area (Å²) in [5.74, 6) is 1.85. The zero-order valence-electron chi connectivity index (χ0n) is 15.2. The van der Waals surface area contributed by atoms with Gasteiger partial charge >= 0.3 is 0 Å². The van der Waals surface area contributed by atoms with Crippen LogP contribution in [0, 0.1) is 5.92 Å². The van der Waals surface area contributed by atoms with Crippen molar-refractivity contribution in [2.45, 2.75) is 79.2 Å². The Labute approximate surface area is 132 Å². The normalized spacial score (nSPS) is 14.7. The van der Waals surface area contributed by atoms with Gasteiger partial charge in [-0.1, -0.05) is 73.1 Å². The molecule has 2 atom stereocenters. The van der Waals surface area contributed by atoms with Crippen LogP contribution in [0.1, 0.15) is 95.9 Å². The van der Waals surface area contributed by atoms with Crippen molar-refractivity contribution in [3.8, 4) is 0 Å². The van der Waals surface area contributed by atoms with Crippen LogP contribution in [-0.4, -0.2) is 6.54 Å². The van der Waals surface area contributed by atoms with E-state index in [1.54, 1.807) is 0 Å². The third kappa shape index (κ3) is 4.85. The lowest BCUT2D eigenvalue weighted by Gasteiger charge is -2.29. The number of hydrogen-bond donors (Lipinski definition) is 1. The summed E-state index contributed by atoms with van der Waals surface area (Å²) < 4.78 is 0. The second-order valence-electron chi connectivity index (χ2n) is 7.00. The van der Waals surface area contributed by atoms with E-state index < -0.39 is 0 Å². The van der Waals surface area contributed by atoms with Gasteiger partial charge in [0.25, 0.3) is 0 Å². The largest absolute Gasteiger partial charge is 0.310 e. The van der Waals surface area contributed by atoms with Crippen LogP contribution in [0.25, 0.3) is 0 Å². The quantitative estimate of drug-likeness (QED) is 0.617. The third-order valence-corrected chi connectivity index (χ3v) is 4.47. The molecule has 1 aromatic carbocycles. The second-order valence-corrected chi connectivity index (χ2v) is 7.00. The maximum atomic E-state index is 3.73. The van der Waals surface area contributed by atoms with Crippen molar-refractivity contribution in [1.82, 2.24) is 5.32 Å². The van der Waals surface area contributed by atoms with Crippen LogP contribution in [0.4, 0.5) is 0 Å². The van der Waals surface area contributed by atoms with Crippen molar-refractivity contribution in [3.05, 3.63) is 34.9 Å². The fraction of sp³-hybridized carbons (Fsp3) is 0.700. The predicted molar refractivity (Wildman–Crippen MR) is 95.1 cm³/mol. The predicted octanol–water partition coefficient (Wildman–Crippen LogP) is 6.02. The van der Waals surface area contributed by atoms with Gasteiger partial charge in [-0.3, -0.25) is 0 Å². The SMILES string of the molecule is CCCC(C)C(NCC)c1ccc(C(C)C)cc1C(C)C. The first kappa shape index (κ1) is 18.2. The molecule has 0 aromatic heterocycles. The van der Waals surface area contributed by atoms with E-state index in [1.165, 1.54) is 29.5 Å². The molecule has 1 rings (SSSR count). The van der Waals surface area contributed by atoms with Gasteiger partial charge in [-0.15, -0.1) is 0 Å². The summed E-state index contributed by atoms with van der Waals surface area (Å²) in [5.41, 5.74) is 4.49. The van der Waals surface area contributed by atoms with Crippen LogP contribution in [0.15, 0.2) is 18.2 Å². The first-order valence-corrected chi connectivity index (χ1v) is 8.79. The highest BCUT2D eigenvalue weighted by Gasteiger charge is 2.22. The topological polar surface area (TPSA) is 12.0 Å². The molecule has 2 unspecified atom stereocenters. The summed E-state index contributed by atoms with van der Waals surface area (Å²) in [6.07, 6.45) is 2.53. The minimum Gasteiger partial charge on any atom is -0.310 e. The molecule has 0 spiro atoms. The third-order valence-electron chi connectivity index (χ3n) is 4.47. The average Bonchev–Trinajstić information content (AvgIpc) is 2.44. The van der Waals surface area contributed by atoms with Crippen molar-refractivity contribution in [3.63, 3.8) is 0 Å². The number of rotatable bonds is 8. The molecule has 0 aliphatic rings. The molecule has 0 fully saturated rings. The van der Waals surface area contributed by atoms with Crippen molar-refractivity contribution in [2.75, 3.05) is 6.54 Å². The Kier molecular flexibility index (Phi) is 7.45. The van der Waals surface area contributed by atoms with E-state index in [2.05, 4.69) is 72.0 Å². The Balaban J connectivity index is 3.22. The fourth-order valence-corrected chi connectivity index (χ4v) is 3.20. The minimum atomic E-state index is 0.480. The molecule has 0 saturated carbocycles. The highest BCUT2D eigenvalue weighted by Crippen LogP contribution is 2.33. The van der Waals surface area contributed by atoms with E-state index in [9.17, 15) is 0 Å². The molecule has 0 saturated heterocycles. The summed E-state index contributed by atoms with van der Waals surface area (Å²) in [4.78, 5) is 0. The van der Waals surface area contributed by atoms with Gasteiger partial charge < -0.3 is 5.32 Å². The Hall–Kier alpha value is -0.820. The molecular formula is C20H35N. The van der Waals surface area contributed by atoms with E-state index >= 15 is 0 Å². The molecule has 0 bridgehead atoms. The van der Waals surface area contributed by atoms with Crippen LogP contribution in [0.2, 0.25) is 0 Å². The van der Waals surface area contributed by atoms with Gasteiger partial charge in [-0.05, 0) is 47.4 Å². The Morgan fingerprint density at radius 2 is 1.57 bits per heavy atom. The zero-order valence-corrected chi connectivity index (χ0v) is 15.2. The van der Waals surface area contributed by atoms with Crippen LogP contribution in [0.3, 0.4) is 0 Å². The lowest BCUT2D eigenvalue weighted by atomic mass is 9.83. The Morgan fingerprint density at radius 3 is 2.05 bits per heavy atom. The summed E-state index contributed by atoms with van der Waals surface area (Å²) >= 11 is 0. The summed E-state index contributed by atoms with van der Waals surface area (Å²) in [5, 5.41) is 3.73.